The lowest BCUT2D eigenvalue weighted by atomic mass is 10.1. The van der Waals surface area contributed by atoms with Crippen LogP contribution in [-0.2, 0) is 0 Å². The quantitative estimate of drug-likeness (QED) is 0.550. The lowest BCUT2D eigenvalue weighted by Gasteiger charge is -2.08. The Morgan fingerprint density at radius 3 is 2.30 bits per heavy atom. The number of nitrogens with one attached hydrogen (secondary N) is 1. The Morgan fingerprint density at radius 2 is 1.59 bits per heavy atom. The maximum Gasteiger partial charge on any atom is 0.255 e. The summed E-state index contributed by atoms with van der Waals surface area (Å²) in [6, 6.07) is 18.7. The van der Waals surface area contributed by atoms with Gasteiger partial charge in [-0.3, -0.25) is 4.79 Å². The maximum absolute atomic E-state index is 12.6. The van der Waals surface area contributed by atoms with Crippen LogP contribution in [0.4, 0.5) is 5.69 Å². The fourth-order valence-electron chi connectivity index (χ4n) is 2.95. The van der Waals surface area contributed by atoms with E-state index >= 15 is 0 Å². The SMILES string of the molecule is Cc1cc(C(=O)Nc2ccc3nn(-c4ccccc4)nc3c2)cc(C)c1Cl. The van der Waals surface area contributed by atoms with Gasteiger partial charge in [-0.25, -0.2) is 0 Å². The van der Waals surface area contributed by atoms with Crippen molar-refractivity contribution in [1.29, 1.82) is 0 Å². The highest BCUT2D eigenvalue weighted by atomic mass is 35.5. The largest absolute Gasteiger partial charge is 0.322 e. The highest BCUT2D eigenvalue weighted by molar-refractivity contribution is 6.32. The molecule has 5 nitrogen and oxygen atoms in total. The zero-order valence-corrected chi connectivity index (χ0v) is 15.7. The van der Waals surface area contributed by atoms with Crippen molar-refractivity contribution >= 4 is 34.2 Å². The van der Waals surface area contributed by atoms with E-state index in [9.17, 15) is 4.79 Å². The van der Waals surface area contributed by atoms with E-state index < -0.39 is 0 Å². The third-order valence-corrected chi connectivity index (χ3v) is 4.92. The van der Waals surface area contributed by atoms with Crippen molar-refractivity contribution in [3.8, 4) is 5.69 Å². The van der Waals surface area contributed by atoms with Gasteiger partial charge in [-0.2, -0.15) is 4.80 Å². The molecule has 0 radical (unpaired) electrons. The lowest BCUT2D eigenvalue weighted by Crippen LogP contribution is -2.12. The Hall–Kier alpha value is -3.18. The topological polar surface area (TPSA) is 59.8 Å². The number of hydrogen-bond acceptors (Lipinski definition) is 3. The Labute approximate surface area is 161 Å². The number of amides is 1. The molecule has 1 amide bonds. The zero-order valence-electron chi connectivity index (χ0n) is 14.9. The average Bonchev–Trinajstić information content (AvgIpc) is 3.10. The van der Waals surface area contributed by atoms with Crippen LogP contribution in [0.5, 0.6) is 0 Å². The van der Waals surface area contributed by atoms with Crippen LogP contribution in [0.15, 0.2) is 60.7 Å². The van der Waals surface area contributed by atoms with Crippen molar-refractivity contribution < 1.29 is 4.79 Å². The predicted molar refractivity (Wildman–Crippen MR) is 108 cm³/mol. The number of aromatic nitrogens is 3. The number of carbonyl (C=O) groups is 1. The fourth-order valence-corrected chi connectivity index (χ4v) is 3.06. The minimum absolute atomic E-state index is 0.187. The molecule has 4 rings (SSSR count). The van der Waals surface area contributed by atoms with Gasteiger partial charge in [-0.05, 0) is 67.4 Å². The Balaban J connectivity index is 1.62. The number of hydrogen-bond donors (Lipinski definition) is 1. The minimum Gasteiger partial charge on any atom is -0.322 e. The number of fused-ring (bicyclic) bond motifs is 1. The third kappa shape index (κ3) is 3.41. The van der Waals surface area contributed by atoms with Gasteiger partial charge in [0.1, 0.15) is 11.0 Å². The molecule has 27 heavy (non-hydrogen) atoms. The number of para-hydroxylation sites is 1. The number of benzene rings is 3. The van der Waals surface area contributed by atoms with Crippen LogP contribution in [-0.4, -0.2) is 20.9 Å². The number of anilines is 1. The smallest absolute Gasteiger partial charge is 0.255 e. The molecule has 0 aliphatic carbocycles. The van der Waals surface area contributed by atoms with Gasteiger partial charge in [0.25, 0.3) is 5.91 Å². The molecule has 0 bridgehead atoms. The summed E-state index contributed by atoms with van der Waals surface area (Å²) in [5.41, 5.74) is 5.34. The first-order chi connectivity index (χ1) is 13.0. The molecular weight excluding hydrogens is 360 g/mol. The van der Waals surface area contributed by atoms with Crippen LogP contribution < -0.4 is 5.32 Å². The first kappa shape index (κ1) is 17.2. The van der Waals surface area contributed by atoms with E-state index in [-0.39, 0.29) is 5.91 Å². The highest BCUT2D eigenvalue weighted by Crippen LogP contribution is 2.23. The number of rotatable bonds is 3. The molecule has 1 N–H and O–H groups in total. The van der Waals surface area contributed by atoms with Crippen molar-refractivity contribution in [3.63, 3.8) is 0 Å². The first-order valence-corrected chi connectivity index (χ1v) is 8.90. The maximum atomic E-state index is 12.6. The van der Waals surface area contributed by atoms with Crippen LogP contribution in [0.25, 0.3) is 16.7 Å². The second kappa shape index (κ2) is 6.85. The van der Waals surface area contributed by atoms with Gasteiger partial charge >= 0.3 is 0 Å². The number of nitrogens with zero attached hydrogens (tertiary/aromatic N) is 3. The second-order valence-electron chi connectivity index (χ2n) is 6.41. The van der Waals surface area contributed by atoms with E-state index in [1.54, 1.807) is 16.9 Å². The van der Waals surface area contributed by atoms with Crippen LogP contribution in [0.1, 0.15) is 21.5 Å². The highest BCUT2D eigenvalue weighted by Gasteiger charge is 2.11. The first-order valence-electron chi connectivity index (χ1n) is 8.52. The van der Waals surface area contributed by atoms with Gasteiger partial charge in [0.05, 0.1) is 5.69 Å². The normalized spacial score (nSPS) is 10.9. The molecule has 134 valence electrons. The van der Waals surface area contributed by atoms with Gasteiger partial charge in [0.15, 0.2) is 0 Å². The van der Waals surface area contributed by atoms with Crippen LogP contribution in [0.2, 0.25) is 5.02 Å². The van der Waals surface area contributed by atoms with E-state index in [1.807, 2.05) is 62.4 Å². The van der Waals surface area contributed by atoms with E-state index in [1.165, 1.54) is 0 Å². The van der Waals surface area contributed by atoms with Crippen LogP contribution in [0, 0.1) is 13.8 Å². The van der Waals surface area contributed by atoms with Gasteiger partial charge < -0.3 is 5.32 Å². The number of aryl methyl sites for hydroxylation is 2. The van der Waals surface area contributed by atoms with E-state index in [0.717, 1.165) is 22.3 Å². The molecule has 0 fully saturated rings. The predicted octanol–water partition coefficient (Wildman–Crippen LogP) is 4.94. The third-order valence-electron chi connectivity index (χ3n) is 4.32. The molecule has 0 atom stereocenters. The van der Waals surface area contributed by atoms with Crippen molar-refractivity contribution in [2.24, 2.45) is 0 Å². The number of halogens is 1. The van der Waals surface area contributed by atoms with Crippen LogP contribution in [0.3, 0.4) is 0 Å². The molecule has 0 spiro atoms. The summed E-state index contributed by atoms with van der Waals surface area (Å²) < 4.78 is 0. The molecule has 0 aliphatic rings. The molecule has 0 aliphatic heterocycles. The summed E-state index contributed by atoms with van der Waals surface area (Å²) in [7, 11) is 0. The summed E-state index contributed by atoms with van der Waals surface area (Å²) in [4.78, 5) is 14.2. The minimum atomic E-state index is -0.187. The van der Waals surface area contributed by atoms with Crippen molar-refractivity contribution in [2.45, 2.75) is 13.8 Å². The second-order valence-corrected chi connectivity index (χ2v) is 6.78. The molecular formula is C21H17ClN4O. The Kier molecular flexibility index (Phi) is 4.38. The van der Waals surface area contributed by atoms with E-state index in [0.29, 0.717) is 21.8 Å². The Morgan fingerprint density at radius 1 is 0.926 bits per heavy atom. The summed E-state index contributed by atoms with van der Waals surface area (Å²) in [5, 5.41) is 12.6. The Bertz CT molecular complexity index is 1130. The summed E-state index contributed by atoms with van der Waals surface area (Å²) >= 11 is 6.18. The molecule has 6 heteroatoms. The zero-order chi connectivity index (χ0) is 19.0. The fraction of sp³-hybridized carbons (Fsp3) is 0.0952. The molecule has 1 heterocycles. The standard InChI is InChI=1S/C21H17ClN4O/c1-13-10-15(11-14(2)20(13)22)21(27)23-16-8-9-18-19(12-16)25-26(24-18)17-6-4-3-5-7-17/h3-12H,1-2H3,(H,23,27). The molecule has 0 saturated carbocycles. The van der Waals surface area contributed by atoms with Crippen molar-refractivity contribution in [3.05, 3.63) is 82.4 Å². The number of carbonyl (C=O) groups excluding carboxylic acids is 1. The molecule has 1 aromatic heterocycles. The van der Waals surface area contributed by atoms with Crippen LogP contribution >= 0.6 is 11.6 Å². The monoisotopic (exact) mass is 376 g/mol. The summed E-state index contributed by atoms with van der Waals surface area (Å²) in [6.45, 7) is 3.78. The molecule has 0 saturated heterocycles. The molecule has 3 aromatic carbocycles. The van der Waals surface area contributed by atoms with Crippen molar-refractivity contribution in [2.75, 3.05) is 5.32 Å². The van der Waals surface area contributed by atoms with Gasteiger partial charge in [0.2, 0.25) is 0 Å². The van der Waals surface area contributed by atoms with E-state index in [2.05, 4.69) is 15.5 Å². The lowest BCUT2D eigenvalue weighted by molar-refractivity contribution is 0.102. The van der Waals surface area contributed by atoms with E-state index in [4.69, 9.17) is 11.6 Å². The molecule has 4 aromatic rings. The average molecular weight is 377 g/mol. The van der Waals surface area contributed by atoms with Crippen molar-refractivity contribution in [1.82, 2.24) is 15.0 Å². The summed E-state index contributed by atoms with van der Waals surface area (Å²) in [6.07, 6.45) is 0. The van der Waals surface area contributed by atoms with Gasteiger partial charge in [-0.1, -0.05) is 29.8 Å². The van der Waals surface area contributed by atoms with Gasteiger partial charge in [0, 0.05) is 16.3 Å². The van der Waals surface area contributed by atoms with Gasteiger partial charge in [-0.15, -0.1) is 10.2 Å². The summed E-state index contributed by atoms with van der Waals surface area (Å²) in [5.74, 6) is -0.187. The molecule has 0 unspecified atom stereocenters.